The summed E-state index contributed by atoms with van der Waals surface area (Å²) in [4.78, 5) is 24.2. The van der Waals surface area contributed by atoms with Crippen LogP contribution in [0.5, 0.6) is 5.75 Å². The Morgan fingerprint density at radius 3 is 2.74 bits per heavy atom. The molecule has 3 rings (SSSR count). The van der Waals surface area contributed by atoms with Gasteiger partial charge in [0.1, 0.15) is 11.4 Å². The van der Waals surface area contributed by atoms with E-state index >= 15 is 0 Å². The number of carbonyl (C=O) groups excluding carboxylic acids is 1. The number of nitrogens with one attached hydrogen (secondary N) is 1. The van der Waals surface area contributed by atoms with Crippen molar-refractivity contribution in [3.05, 3.63) is 42.2 Å². The fourth-order valence-corrected chi connectivity index (χ4v) is 3.19. The molecule has 0 atom stereocenters. The van der Waals surface area contributed by atoms with Gasteiger partial charge in [-0.25, -0.2) is 9.97 Å². The van der Waals surface area contributed by atoms with Crippen molar-refractivity contribution >= 4 is 17.5 Å². The third kappa shape index (κ3) is 5.07. The molecule has 1 saturated heterocycles. The van der Waals surface area contributed by atoms with Crippen LogP contribution in [0, 0.1) is 0 Å². The second-order valence-electron chi connectivity index (χ2n) is 6.41. The standard InChI is InChI=1S/C19H26N6O2/c1-27-17-6-3-2-5-16(17)25-13-11-24(12-14-25)10-4-8-21-19-22-9-7-15(23-19)18(20)26/h2-3,5-7,9H,4,8,10-14H2,1H3,(H2,20,26)(H,21,22,23). The van der Waals surface area contributed by atoms with E-state index in [-0.39, 0.29) is 5.69 Å². The fraction of sp³-hybridized carbons (Fsp3) is 0.421. The van der Waals surface area contributed by atoms with E-state index in [9.17, 15) is 4.79 Å². The fourth-order valence-electron chi connectivity index (χ4n) is 3.19. The van der Waals surface area contributed by atoms with Gasteiger partial charge in [-0.1, -0.05) is 12.1 Å². The SMILES string of the molecule is COc1ccccc1N1CCN(CCCNc2nccc(C(N)=O)n2)CC1. The summed E-state index contributed by atoms with van der Waals surface area (Å²) in [6.07, 6.45) is 2.51. The number of anilines is 2. The predicted octanol–water partition coefficient (Wildman–Crippen LogP) is 1.21. The normalized spacial score (nSPS) is 14.8. The van der Waals surface area contributed by atoms with Crippen LogP contribution >= 0.6 is 0 Å². The molecular formula is C19H26N6O2. The Labute approximate surface area is 159 Å². The van der Waals surface area contributed by atoms with E-state index in [2.05, 4.69) is 31.2 Å². The second-order valence-corrected chi connectivity index (χ2v) is 6.41. The Balaban J connectivity index is 1.40. The van der Waals surface area contributed by atoms with Crippen LogP contribution in [0.4, 0.5) is 11.6 Å². The number of hydrogen-bond acceptors (Lipinski definition) is 7. The van der Waals surface area contributed by atoms with Crippen molar-refractivity contribution in [2.75, 3.05) is 56.6 Å². The van der Waals surface area contributed by atoms with Crippen molar-refractivity contribution in [1.82, 2.24) is 14.9 Å². The van der Waals surface area contributed by atoms with Crippen LogP contribution in [0.3, 0.4) is 0 Å². The molecule has 0 spiro atoms. The van der Waals surface area contributed by atoms with Crippen molar-refractivity contribution in [1.29, 1.82) is 0 Å². The first-order valence-electron chi connectivity index (χ1n) is 9.14. The highest BCUT2D eigenvalue weighted by Gasteiger charge is 2.19. The molecule has 0 bridgehead atoms. The maximum Gasteiger partial charge on any atom is 0.267 e. The highest BCUT2D eigenvalue weighted by molar-refractivity contribution is 5.90. The summed E-state index contributed by atoms with van der Waals surface area (Å²) in [5, 5.41) is 3.15. The minimum atomic E-state index is -0.548. The smallest absolute Gasteiger partial charge is 0.267 e. The van der Waals surface area contributed by atoms with Crippen LogP contribution in [0.25, 0.3) is 0 Å². The van der Waals surface area contributed by atoms with Gasteiger partial charge in [0, 0.05) is 38.9 Å². The molecule has 1 amide bonds. The molecule has 0 radical (unpaired) electrons. The summed E-state index contributed by atoms with van der Waals surface area (Å²) in [5.41, 5.74) is 6.61. The van der Waals surface area contributed by atoms with Crippen molar-refractivity contribution in [3.63, 3.8) is 0 Å². The van der Waals surface area contributed by atoms with Crippen LogP contribution in [-0.4, -0.2) is 67.2 Å². The van der Waals surface area contributed by atoms with Crippen molar-refractivity contribution in [3.8, 4) is 5.75 Å². The number of hydrogen-bond donors (Lipinski definition) is 2. The average Bonchev–Trinajstić information content (AvgIpc) is 2.72. The van der Waals surface area contributed by atoms with Gasteiger partial charge in [-0.3, -0.25) is 9.69 Å². The molecule has 0 aliphatic carbocycles. The van der Waals surface area contributed by atoms with E-state index in [1.807, 2.05) is 18.2 Å². The largest absolute Gasteiger partial charge is 0.495 e. The summed E-state index contributed by atoms with van der Waals surface area (Å²) < 4.78 is 5.47. The summed E-state index contributed by atoms with van der Waals surface area (Å²) in [7, 11) is 1.71. The zero-order valence-corrected chi connectivity index (χ0v) is 15.6. The molecule has 27 heavy (non-hydrogen) atoms. The number of amides is 1. The summed E-state index contributed by atoms with van der Waals surface area (Å²) in [5.74, 6) is 0.814. The Hall–Kier alpha value is -2.87. The molecule has 0 unspecified atom stereocenters. The first kappa shape index (κ1) is 18.9. The molecule has 1 aromatic carbocycles. The van der Waals surface area contributed by atoms with E-state index in [1.54, 1.807) is 7.11 Å². The maximum absolute atomic E-state index is 11.1. The lowest BCUT2D eigenvalue weighted by Gasteiger charge is -2.36. The minimum Gasteiger partial charge on any atom is -0.495 e. The lowest BCUT2D eigenvalue weighted by molar-refractivity contribution is 0.0995. The molecule has 1 aliphatic rings. The van der Waals surface area contributed by atoms with Gasteiger partial charge in [0.05, 0.1) is 12.8 Å². The van der Waals surface area contributed by atoms with Gasteiger partial charge >= 0.3 is 0 Å². The minimum absolute atomic E-state index is 0.222. The quantitative estimate of drug-likeness (QED) is 0.674. The van der Waals surface area contributed by atoms with Crippen molar-refractivity contribution in [2.24, 2.45) is 5.73 Å². The second kappa shape index (κ2) is 9.18. The number of methoxy groups -OCH3 is 1. The zero-order valence-electron chi connectivity index (χ0n) is 15.6. The summed E-state index contributed by atoms with van der Waals surface area (Å²) >= 11 is 0. The number of nitrogens with two attached hydrogens (primary N) is 1. The molecule has 8 heteroatoms. The van der Waals surface area contributed by atoms with Crippen LogP contribution in [-0.2, 0) is 0 Å². The van der Waals surface area contributed by atoms with E-state index in [1.165, 1.54) is 12.3 Å². The molecule has 1 aliphatic heterocycles. The van der Waals surface area contributed by atoms with Crippen LogP contribution in [0.1, 0.15) is 16.9 Å². The van der Waals surface area contributed by atoms with E-state index in [4.69, 9.17) is 10.5 Å². The van der Waals surface area contributed by atoms with Gasteiger partial charge in [-0.2, -0.15) is 0 Å². The number of aromatic nitrogens is 2. The van der Waals surface area contributed by atoms with E-state index in [0.29, 0.717) is 5.95 Å². The van der Waals surface area contributed by atoms with Gasteiger partial charge in [0.25, 0.3) is 5.91 Å². The molecular weight excluding hydrogens is 344 g/mol. The third-order valence-corrected chi connectivity index (χ3v) is 4.64. The van der Waals surface area contributed by atoms with Gasteiger partial charge < -0.3 is 20.7 Å². The zero-order chi connectivity index (χ0) is 19.1. The number of piperazine rings is 1. The van der Waals surface area contributed by atoms with E-state index in [0.717, 1.165) is 57.1 Å². The molecule has 3 N–H and O–H groups in total. The topological polar surface area (TPSA) is 96.6 Å². The Kier molecular flexibility index (Phi) is 6.43. The summed E-state index contributed by atoms with van der Waals surface area (Å²) in [6.45, 7) is 5.75. The number of carbonyl (C=O) groups is 1. The third-order valence-electron chi connectivity index (χ3n) is 4.64. The highest BCUT2D eigenvalue weighted by atomic mass is 16.5. The number of benzene rings is 1. The van der Waals surface area contributed by atoms with Crippen molar-refractivity contribution < 1.29 is 9.53 Å². The molecule has 8 nitrogen and oxygen atoms in total. The number of para-hydroxylation sites is 2. The Morgan fingerprint density at radius 1 is 1.22 bits per heavy atom. The molecule has 1 aromatic heterocycles. The highest BCUT2D eigenvalue weighted by Crippen LogP contribution is 2.28. The monoisotopic (exact) mass is 370 g/mol. The van der Waals surface area contributed by atoms with Crippen molar-refractivity contribution in [2.45, 2.75) is 6.42 Å². The number of ether oxygens (including phenoxy) is 1. The number of nitrogens with zero attached hydrogens (tertiary/aromatic N) is 4. The first-order chi connectivity index (χ1) is 13.2. The van der Waals surface area contributed by atoms with Crippen LogP contribution in [0.2, 0.25) is 0 Å². The Bertz CT molecular complexity index is 761. The first-order valence-corrected chi connectivity index (χ1v) is 9.14. The van der Waals surface area contributed by atoms with Crippen LogP contribution < -0.4 is 20.7 Å². The number of rotatable bonds is 8. The number of primary amides is 1. The lowest BCUT2D eigenvalue weighted by Crippen LogP contribution is -2.47. The lowest BCUT2D eigenvalue weighted by atomic mass is 10.2. The maximum atomic E-state index is 11.1. The van der Waals surface area contributed by atoms with Gasteiger partial charge in [-0.05, 0) is 31.2 Å². The predicted molar refractivity (Wildman–Crippen MR) is 105 cm³/mol. The molecule has 144 valence electrons. The average molecular weight is 370 g/mol. The molecule has 1 fully saturated rings. The van der Waals surface area contributed by atoms with Crippen LogP contribution in [0.15, 0.2) is 36.5 Å². The summed E-state index contributed by atoms with van der Waals surface area (Å²) in [6, 6.07) is 9.66. The van der Waals surface area contributed by atoms with Gasteiger partial charge in [0.15, 0.2) is 0 Å². The molecule has 2 aromatic rings. The van der Waals surface area contributed by atoms with Gasteiger partial charge in [-0.15, -0.1) is 0 Å². The van der Waals surface area contributed by atoms with E-state index < -0.39 is 5.91 Å². The molecule has 0 saturated carbocycles. The Morgan fingerprint density at radius 2 is 2.00 bits per heavy atom. The van der Waals surface area contributed by atoms with Gasteiger partial charge in [0.2, 0.25) is 5.95 Å². The molecule has 2 heterocycles.